The lowest BCUT2D eigenvalue weighted by Gasteiger charge is -2.01. The Morgan fingerprint density at radius 3 is 1.08 bits per heavy atom. The van der Waals surface area contributed by atoms with Crippen LogP contribution >= 0.6 is 0 Å². The molecule has 0 radical (unpaired) electrons. The second-order valence-corrected chi connectivity index (χ2v) is 6.52. The van der Waals surface area contributed by atoms with Crippen molar-refractivity contribution in [2.75, 3.05) is 27.2 Å². The van der Waals surface area contributed by atoms with Gasteiger partial charge in [0.15, 0.2) is 0 Å². The number of carbonyl (C=O) groups is 3. The molecule has 0 aliphatic carbocycles. The monoisotopic (exact) mass is 544 g/mol. The Balaban J connectivity index is -0.0000000621. The number of nitrogens with zero attached hydrogens (tertiary/aromatic N) is 2. The summed E-state index contributed by atoms with van der Waals surface area (Å²) in [4.78, 5) is 34.3. The van der Waals surface area contributed by atoms with Gasteiger partial charge in [-0.25, -0.2) is 9.59 Å². The number of ether oxygens (including phenoxy) is 2. The molecule has 0 aromatic rings. The molecule has 2 aliphatic heterocycles. The molecule has 2 heterocycles. The second-order valence-electron chi connectivity index (χ2n) is 6.52. The predicted molar refractivity (Wildman–Crippen MR) is 166 cm³/mol. The molecule has 228 valence electrons. The zero-order chi connectivity index (χ0) is 32.1. The van der Waals surface area contributed by atoms with E-state index in [1.54, 1.807) is 37.7 Å². The van der Waals surface area contributed by atoms with Crippen LogP contribution in [0.3, 0.4) is 0 Å². The standard InChI is InChI=1S/2C6H11NO2.C5H6O.C3H8.C3H4.4C2H6/c2*1-3-5-4-7(2)6(8)9-5;1-3-4-5(2)6;2*1-3-2;4*1-2/h2*5H,3-4H2,1-2H3;1-2H3;3H2,1-2H3;1H,2H3;4*1-2H3. The summed E-state index contributed by atoms with van der Waals surface area (Å²) in [5.41, 5.74) is 0. The van der Waals surface area contributed by atoms with E-state index in [4.69, 9.17) is 9.47 Å². The van der Waals surface area contributed by atoms with Gasteiger partial charge in [0.05, 0.1) is 13.1 Å². The van der Waals surface area contributed by atoms with Gasteiger partial charge in [-0.3, -0.25) is 4.79 Å². The van der Waals surface area contributed by atoms with E-state index in [2.05, 4.69) is 38.0 Å². The van der Waals surface area contributed by atoms with Gasteiger partial charge in [-0.1, -0.05) is 95.4 Å². The summed E-state index contributed by atoms with van der Waals surface area (Å²) in [5, 5.41) is 0. The molecule has 7 nitrogen and oxygen atoms in total. The first-order chi connectivity index (χ1) is 18.1. The van der Waals surface area contributed by atoms with Crippen LogP contribution in [0.5, 0.6) is 0 Å². The number of likely N-dealkylation sites (N-methyl/N-ethyl adjacent to an activating group) is 2. The van der Waals surface area contributed by atoms with Gasteiger partial charge in [0.1, 0.15) is 12.2 Å². The van der Waals surface area contributed by atoms with Crippen molar-refractivity contribution < 1.29 is 23.9 Å². The number of hydrogen-bond acceptors (Lipinski definition) is 5. The number of ketones is 1. The molecule has 2 fully saturated rings. The van der Waals surface area contributed by atoms with Gasteiger partial charge >= 0.3 is 12.2 Å². The molecule has 0 bridgehead atoms. The van der Waals surface area contributed by atoms with Crippen LogP contribution in [0.1, 0.15) is 123 Å². The summed E-state index contributed by atoms with van der Waals surface area (Å²) in [6.07, 6.45) is 7.54. The Labute approximate surface area is 238 Å². The molecule has 0 aromatic heterocycles. The molecule has 2 rings (SSSR count). The van der Waals surface area contributed by atoms with Gasteiger partial charge in [0.2, 0.25) is 5.78 Å². The van der Waals surface area contributed by atoms with Crippen molar-refractivity contribution in [2.24, 2.45) is 0 Å². The van der Waals surface area contributed by atoms with Crippen molar-refractivity contribution in [2.45, 2.75) is 135 Å². The highest BCUT2D eigenvalue weighted by Crippen LogP contribution is 2.11. The lowest BCUT2D eigenvalue weighted by Crippen LogP contribution is -2.18. The number of cyclic esters (lactones) is 2. The molecule has 2 aliphatic rings. The minimum Gasteiger partial charge on any atom is -0.444 e. The Morgan fingerprint density at radius 1 is 0.789 bits per heavy atom. The minimum atomic E-state index is -0.193. The summed E-state index contributed by atoms with van der Waals surface area (Å²) < 4.78 is 9.82. The van der Waals surface area contributed by atoms with Gasteiger partial charge < -0.3 is 19.3 Å². The zero-order valence-corrected chi connectivity index (χ0v) is 28.2. The number of amides is 2. The molecule has 7 heteroatoms. The van der Waals surface area contributed by atoms with E-state index in [0.29, 0.717) is 0 Å². The topological polar surface area (TPSA) is 76.2 Å². The van der Waals surface area contributed by atoms with Gasteiger partial charge in [0, 0.05) is 21.0 Å². The van der Waals surface area contributed by atoms with E-state index in [-0.39, 0.29) is 30.2 Å². The van der Waals surface area contributed by atoms with Crippen molar-refractivity contribution in [1.29, 1.82) is 0 Å². The van der Waals surface area contributed by atoms with E-state index >= 15 is 0 Å². The number of Topliss-reactive ketones (excluding diaryl/α,β-unsaturated/α-hetero) is 1. The van der Waals surface area contributed by atoms with E-state index in [1.807, 2.05) is 69.2 Å². The normalized spacial score (nSPS) is 14.8. The summed E-state index contributed by atoms with van der Waals surface area (Å²) in [7, 11) is 3.50. The fourth-order valence-corrected chi connectivity index (χ4v) is 1.90. The van der Waals surface area contributed by atoms with E-state index in [1.165, 1.54) is 13.3 Å². The van der Waals surface area contributed by atoms with Crippen molar-refractivity contribution in [3.8, 4) is 24.2 Å². The van der Waals surface area contributed by atoms with Crippen LogP contribution in [-0.4, -0.2) is 67.2 Å². The second kappa shape index (κ2) is 47.5. The van der Waals surface area contributed by atoms with E-state index < -0.39 is 0 Å². The third-order valence-electron chi connectivity index (χ3n) is 3.33. The summed E-state index contributed by atoms with van der Waals surface area (Å²) >= 11 is 0. The van der Waals surface area contributed by atoms with Crippen LogP contribution in [0.2, 0.25) is 0 Å². The molecule has 2 saturated heterocycles. The molecule has 2 atom stereocenters. The molecular formula is C31H64N2O5. The lowest BCUT2D eigenvalue weighted by atomic mass is 10.3. The third kappa shape index (κ3) is 43.4. The fraction of sp³-hybridized carbons (Fsp3) is 0.774. The van der Waals surface area contributed by atoms with Crippen LogP contribution in [0.4, 0.5) is 9.59 Å². The zero-order valence-electron chi connectivity index (χ0n) is 28.2. The van der Waals surface area contributed by atoms with Gasteiger partial charge in [-0.05, 0) is 32.6 Å². The molecule has 38 heavy (non-hydrogen) atoms. The number of carbonyl (C=O) groups excluding carboxylic acids is 3. The van der Waals surface area contributed by atoms with Crippen LogP contribution in [0.15, 0.2) is 0 Å². The Hall–Kier alpha value is -2.67. The van der Waals surface area contributed by atoms with Crippen LogP contribution < -0.4 is 0 Å². The summed E-state index contributed by atoms with van der Waals surface area (Å²) in [6.45, 7) is 30.5. The average molecular weight is 545 g/mol. The van der Waals surface area contributed by atoms with Crippen molar-refractivity contribution in [3.05, 3.63) is 0 Å². The van der Waals surface area contributed by atoms with Gasteiger partial charge in [-0.15, -0.1) is 12.3 Å². The SMILES string of the molecule is C#CC.CC.CC.CC.CC.CC#CC(C)=O.CCC.CCC1CN(C)C(=O)O1.CCC1CN(C)C(=O)O1. The predicted octanol–water partition coefficient (Wildman–Crippen LogP) is 8.45. The lowest BCUT2D eigenvalue weighted by molar-refractivity contribution is -0.111. The molecule has 0 N–H and O–H groups in total. The maximum Gasteiger partial charge on any atom is 0.409 e. The maximum atomic E-state index is 10.6. The fourth-order valence-electron chi connectivity index (χ4n) is 1.90. The first kappa shape index (κ1) is 51.9. The highest BCUT2D eigenvalue weighted by atomic mass is 16.6. The number of rotatable bonds is 2. The Kier molecular flexibility index (Phi) is 64.9. The quantitative estimate of drug-likeness (QED) is 0.257. The molecule has 0 saturated carbocycles. The van der Waals surface area contributed by atoms with Crippen molar-refractivity contribution in [3.63, 3.8) is 0 Å². The Bertz CT molecular complexity index is 559. The number of hydrogen-bond donors (Lipinski definition) is 0. The third-order valence-corrected chi connectivity index (χ3v) is 3.33. The van der Waals surface area contributed by atoms with E-state index in [9.17, 15) is 14.4 Å². The number of terminal acetylenes is 1. The first-order valence-corrected chi connectivity index (χ1v) is 14.2. The summed E-state index contributed by atoms with van der Waals surface area (Å²) in [5.74, 6) is 6.97. The van der Waals surface area contributed by atoms with Crippen LogP contribution in [0.25, 0.3) is 0 Å². The van der Waals surface area contributed by atoms with Crippen LogP contribution in [0, 0.1) is 24.2 Å². The molecular weight excluding hydrogens is 480 g/mol. The van der Waals surface area contributed by atoms with E-state index in [0.717, 1.165) is 25.9 Å². The molecule has 0 spiro atoms. The smallest absolute Gasteiger partial charge is 0.409 e. The molecule has 0 aromatic carbocycles. The Morgan fingerprint density at radius 2 is 1.03 bits per heavy atom. The highest BCUT2D eigenvalue weighted by molar-refractivity contribution is 5.93. The highest BCUT2D eigenvalue weighted by Gasteiger charge is 2.26. The molecule has 2 amide bonds. The first-order valence-electron chi connectivity index (χ1n) is 14.2. The largest absolute Gasteiger partial charge is 0.444 e. The average Bonchev–Trinajstić information content (AvgIpc) is 3.44. The van der Waals surface area contributed by atoms with Crippen molar-refractivity contribution in [1.82, 2.24) is 9.80 Å². The van der Waals surface area contributed by atoms with Gasteiger partial charge in [0.25, 0.3) is 0 Å². The maximum absolute atomic E-state index is 10.6. The molecule has 2 unspecified atom stereocenters. The van der Waals surface area contributed by atoms with Crippen molar-refractivity contribution >= 4 is 18.0 Å². The summed E-state index contributed by atoms with van der Waals surface area (Å²) in [6, 6.07) is 0. The van der Waals surface area contributed by atoms with Crippen LogP contribution in [-0.2, 0) is 14.3 Å². The van der Waals surface area contributed by atoms with Gasteiger partial charge in [-0.2, -0.15) is 0 Å². The minimum absolute atomic E-state index is 0.0718.